The minimum absolute atomic E-state index is 0.111. The molecule has 0 amide bonds. The van der Waals surface area contributed by atoms with Crippen LogP contribution >= 0.6 is 11.6 Å². The number of rotatable bonds is 2. The number of nitrogens with zero attached hydrogens (tertiary/aromatic N) is 3. The van der Waals surface area contributed by atoms with Crippen molar-refractivity contribution in [2.45, 2.75) is 13.8 Å². The van der Waals surface area contributed by atoms with E-state index < -0.39 is 4.92 Å². The lowest BCUT2D eigenvalue weighted by molar-refractivity contribution is -0.384. The second kappa shape index (κ2) is 4.18. The van der Waals surface area contributed by atoms with Crippen molar-refractivity contribution in [2.75, 3.05) is 0 Å². The van der Waals surface area contributed by atoms with Gasteiger partial charge >= 0.3 is 5.69 Å². The quantitative estimate of drug-likeness (QED) is 0.609. The minimum Gasteiger partial charge on any atom is -0.258 e. The SMILES string of the molecule is Cc1cc(C)n(-c2cccc(Cl)c2[N+](=O)[O-])n1. The summed E-state index contributed by atoms with van der Waals surface area (Å²) in [5.41, 5.74) is 1.89. The van der Waals surface area contributed by atoms with Crippen molar-refractivity contribution in [3.63, 3.8) is 0 Å². The summed E-state index contributed by atoms with van der Waals surface area (Å²) in [5, 5.41) is 15.3. The van der Waals surface area contributed by atoms with Gasteiger partial charge in [0.15, 0.2) is 0 Å². The minimum atomic E-state index is -0.492. The molecule has 0 atom stereocenters. The molecule has 5 nitrogen and oxygen atoms in total. The normalized spacial score (nSPS) is 10.5. The van der Waals surface area contributed by atoms with Gasteiger partial charge in [0.25, 0.3) is 0 Å². The van der Waals surface area contributed by atoms with Crippen molar-refractivity contribution in [2.24, 2.45) is 0 Å². The second-order valence-corrected chi connectivity index (χ2v) is 4.11. The molecule has 0 saturated heterocycles. The lowest BCUT2D eigenvalue weighted by Gasteiger charge is -2.06. The lowest BCUT2D eigenvalue weighted by atomic mass is 10.2. The van der Waals surface area contributed by atoms with Gasteiger partial charge in [0, 0.05) is 5.69 Å². The molecule has 1 aromatic carbocycles. The standard InChI is InChI=1S/C11H10ClN3O2/c1-7-6-8(2)14(13-7)10-5-3-4-9(12)11(10)15(16)17/h3-6H,1-2H3. The third-order valence-electron chi connectivity index (χ3n) is 2.39. The number of nitro benzene ring substituents is 1. The van der Waals surface area contributed by atoms with E-state index in [0.717, 1.165) is 11.4 Å². The van der Waals surface area contributed by atoms with E-state index in [4.69, 9.17) is 11.6 Å². The third-order valence-corrected chi connectivity index (χ3v) is 2.69. The number of aryl methyl sites for hydroxylation is 2. The summed E-state index contributed by atoms with van der Waals surface area (Å²) in [6.45, 7) is 3.67. The maximum atomic E-state index is 11.0. The molecule has 0 aliphatic heterocycles. The van der Waals surface area contributed by atoms with Crippen LogP contribution in [0, 0.1) is 24.0 Å². The summed E-state index contributed by atoms with van der Waals surface area (Å²) >= 11 is 5.85. The molecular weight excluding hydrogens is 242 g/mol. The largest absolute Gasteiger partial charge is 0.313 e. The number of hydrogen-bond donors (Lipinski definition) is 0. The molecular formula is C11H10ClN3O2. The number of aromatic nitrogens is 2. The van der Waals surface area contributed by atoms with Gasteiger partial charge in [-0.1, -0.05) is 17.7 Å². The molecule has 2 rings (SSSR count). The van der Waals surface area contributed by atoms with Crippen molar-refractivity contribution in [3.05, 3.63) is 50.8 Å². The highest BCUT2D eigenvalue weighted by atomic mass is 35.5. The number of para-hydroxylation sites is 1. The Morgan fingerprint density at radius 2 is 2.12 bits per heavy atom. The first-order valence-electron chi connectivity index (χ1n) is 4.97. The molecule has 0 spiro atoms. The van der Waals surface area contributed by atoms with Crippen LogP contribution in [0.4, 0.5) is 5.69 Å². The van der Waals surface area contributed by atoms with Crippen molar-refractivity contribution in [1.82, 2.24) is 9.78 Å². The van der Waals surface area contributed by atoms with Crippen LogP contribution in [0.3, 0.4) is 0 Å². The van der Waals surface area contributed by atoms with Gasteiger partial charge in [-0.05, 0) is 32.0 Å². The first-order valence-corrected chi connectivity index (χ1v) is 5.35. The fourth-order valence-electron chi connectivity index (χ4n) is 1.73. The van der Waals surface area contributed by atoms with Crippen LogP contribution in [0.1, 0.15) is 11.4 Å². The Hall–Kier alpha value is -1.88. The van der Waals surface area contributed by atoms with Crippen molar-refractivity contribution >= 4 is 17.3 Å². The predicted molar refractivity (Wildman–Crippen MR) is 64.7 cm³/mol. The highest BCUT2D eigenvalue weighted by Crippen LogP contribution is 2.31. The number of halogens is 1. The van der Waals surface area contributed by atoms with Crippen LogP contribution in [-0.2, 0) is 0 Å². The maximum Gasteiger partial charge on any atom is 0.313 e. The topological polar surface area (TPSA) is 61.0 Å². The van der Waals surface area contributed by atoms with Gasteiger partial charge in [0.05, 0.1) is 10.6 Å². The summed E-state index contributed by atoms with van der Waals surface area (Å²) in [5.74, 6) is 0. The Morgan fingerprint density at radius 3 is 2.65 bits per heavy atom. The Morgan fingerprint density at radius 1 is 1.41 bits per heavy atom. The Kier molecular flexibility index (Phi) is 2.85. The lowest BCUT2D eigenvalue weighted by Crippen LogP contribution is -2.03. The Labute approximate surface area is 103 Å². The van der Waals surface area contributed by atoms with Gasteiger partial charge in [-0.25, -0.2) is 4.68 Å². The number of benzene rings is 1. The van der Waals surface area contributed by atoms with E-state index in [1.165, 1.54) is 10.7 Å². The van der Waals surface area contributed by atoms with Gasteiger partial charge in [-0.15, -0.1) is 0 Å². The Balaban J connectivity index is 2.71. The molecule has 0 saturated carbocycles. The van der Waals surface area contributed by atoms with Gasteiger partial charge < -0.3 is 0 Å². The number of nitro groups is 1. The first kappa shape index (κ1) is 11.6. The van der Waals surface area contributed by atoms with E-state index in [-0.39, 0.29) is 10.7 Å². The summed E-state index contributed by atoms with van der Waals surface area (Å²) < 4.78 is 1.53. The van der Waals surface area contributed by atoms with Crippen molar-refractivity contribution in [3.8, 4) is 5.69 Å². The molecule has 2 aromatic rings. The monoisotopic (exact) mass is 251 g/mol. The molecule has 0 unspecified atom stereocenters. The summed E-state index contributed by atoms with van der Waals surface area (Å²) in [4.78, 5) is 10.5. The zero-order valence-corrected chi connectivity index (χ0v) is 10.1. The molecule has 0 radical (unpaired) electrons. The van der Waals surface area contributed by atoms with Crippen LogP contribution in [0.5, 0.6) is 0 Å². The average Bonchev–Trinajstić information content (AvgIpc) is 2.56. The molecule has 0 aliphatic rings. The molecule has 88 valence electrons. The van der Waals surface area contributed by atoms with Crippen LogP contribution in [-0.4, -0.2) is 14.7 Å². The highest BCUT2D eigenvalue weighted by molar-refractivity contribution is 6.33. The average molecular weight is 252 g/mol. The van der Waals surface area contributed by atoms with E-state index in [9.17, 15) is 10.1 Å². The van der Waals surface area contributed by atoms with Gasteiger partial charge in [0.2, 0.25) is 0 Å². The van der Waals surface area contributed by atoms with Crippen LogP contribution < -0.4 is 0 Å². The van der Waals surface area contributed by atoms with Crippen molar-refractivity contribution < 1.29 is 4.92 Å². The van der Waals surface area contributed by atoms with E-state index in [2.05, 4.69) is 5.10 Å². The van der Waals surface area contributed by atoms with Crippen LogP contribution in [0.25, 0.3) is 5.69 Å². The summed E-state index contributed by atoms with van der Waals surface area (Å²) in [6, 6.07) is 6.64. The number of hydrogen-bond acceptors (Lipinski definition) is 3. The fourth-order valence-corrected chi connectivity index (χ4v) is 1.97. The molecule has 0 fully saturated rings. The van der Waals surface area contributed by atoms with Gasteiger partial charge in [-0.2, -0.15) is 5.10 Å². The van der Waals surface area contributed by atoms with Gasteiger partial charge in [0.1, 0.15) is 10.7 Å². The fraction of sp³-hybridized carbons (Fsp3) is 0.182. The van der Waals surface area contributed by atoms with Crippen LogP contribution in [0.2, 0.25) is 5.02 Å². The summed E-state index contributed by atoms with van der Waals surface area (Å²) in [7, 11) is 0. The molecule has 0 aliphatic carbocycles. The molecule has 17 heavy (non-hydrogen) atoms. The van der Waals surface area contributed by atoms with Gasteiger partial charge in [-0.3, -0.25) is 10.1 Å². The van der Waals surface area contributed by atoms with E-state index in [1.807, 2.05) is 19.9 Å². The second-order valence-electron chi connectivity index (χ2n) is 3.70. The van der Waals surface area contributed by atoms with E-state index in [1.54, 1.807) is 12.1 Å². The third kappa shape index (κ3) is 2.01. The van der Waals surface area contributed by atoms with Crippen LogP contribution in [0.15, 0.2) is 24.3 Å². The Bertz CT molecular complexity index is 592. The smallest absolute Gasteiger partial charge is 0.258 e. The van der Waals surface area contributed by atoms with E-state index in [0.29, 0.717) is 5.69 Å². The highest BCUT2D eigenvalue weighted by Gasteiger charge is 2.21. The summed E-state index contributed by atoms with van der Waals surface area (Å²) in [6.07, 6.45) is 0. The molecule has 0 N–H and O–H groups in total. The molecule has 1 aromatic heterocycles. The first-order chi connectivity index (χ1) is 8.00. The maximum absolute atomic E-state index is 11.0. The zero-order chi connectivity index (χ0) is 12.6. The molecule has 6 heteroatoms. The zero-order valence-electron chi connectivity index (χ0n) is 9.35. The van der Waals surface area contributed by atoms with Crippen molar-refractivity contribution in [1.29, 1.82) is 0 Å². The molecule has 0 bridgehead atoms. The van der Waals surface area contributed by atoms with E-state index >= 15 is 0 Å². The predicted octanol–water partition coefficient (Wildman–Crippen LogP) is 3.05. The molecule has 1 heterocycles.